The SMILES string of the molecule is CSc1ccc(-c2ccncc2-c2cccc(-c3cc(C(C)(C)S(C)(=O)=O)cc4cccnc34)c2)cc1. The molecule has 0 amide bonds. The first-order valence-corrected chi connectivity index (χ1v) is 15.1. The molecule has 5 rings (SSSR count). The maximum Gasteiger partial charge on any atom is 0.156 e. The van der Waals surface area contributed by atoms with Crippen molar-refractivity contribution in [1.29, 1.82) is 0 Å². The maximum atomic E-state index is 12.7. The van der Waals surface area contributed by atoms with E-state index in [9.17, 15) is 8.42 Å². The first kappa shape index (κ1) is 25.2. The van der Waals surface area contributed by atoms with Gasteiger partial charge in [-0.15, -0.1) is 11.8 Å². The summed E-state index contributed by atoms with van der Waals surface area (Å²) >= 11 is 1.72. The van der Waals surface area contributed by atoms with Gasteiger partial charge in [0.15, 0.2) is 9.84 Å². The summed E-state index contributed by atoms with van der Waals surface area (Å²) in [4.78, 5) is 10.3. The van der Waals surface area contributed by atoms with Crippen molar-refractivity contribution >= 4 is 32.5 Å². The molecule has 0 aliphatic heterocycles. The van der Waals surface area contributed by atoms with E-state index in [4.69, 9.17) is 0 Å². The molecule has 0 aliphatic rings. The first-order valence-electron chi connectivity index (χ1n) is 12.0. The van der Waals surface area contributed by atoms with Crippen LogP contribution in [-0.2, 0) is 14.6 Å². The highest BCUT2D eigenvalue weighted by Crippen LogP contribution is 2.38. The molecule has 5 aromatic rings. The molecule has 0 fully saturated rings. The smallest absolute Gasteiger partial charge is 0.156 e. The topological polar surface area (TPSA) is 59.9 Å². The number of pyridine rings is 2. The van der Waals surface area contributed by atoms with Crippen molar-refractivity contribution in [3.8, 4) is 33.4 Å². The van der Waals surface area contributed by atoms with Gasteiger partial charge in [0.1, 0.15) is 0 Å². The van der Waals surface area contributed by atoms with Crippen molar-refractivity contribution in [1.82, 2.24) is 9.97 Å². The number of sulfone groups is 1. The van der Waals surface area contributed by atoms with Crippen LogP contribution in [-0.4, -0.2) is 30.9 Å². The third-order valence-corrected chi connectivity index (χ3v) is 9.87. The van der Waals surface area contributed by atoms with Crippen LogP contribution in [0.15, 0.2) is 102 Å². The molecule has 0 atom stereocenters. The lowest BCUT2D eigenvalue weighted by atomic mass is 9.91. The molecule has 0 radical (unpaired) electrons. The molecule has 6 heteroatoms. The molecule has 2 heterocycles. The second-order valence-corrected chi connectivity index (χ2v) is 13.1. The Morgan fingerprint density at radius 3 is 2.19 bits per heavy atom. The standard InChI is InChI=1S/C31H28N2O2S2/c1-31(2,37(4,34)35)25-18-24-9-6-15-33-30(24)28(19-25)22-7-5-8-23(17-22)29-20-32-16-14-27(29)21-10-12-26(36-3)13-11-21/h5-20H,1-4H3. The lowest BCUT2D eigenvalue weighted by Crippen LogP contribution is -2.28. The summed E-state index contributed by atoms with van der Waals surface area (Å²) in [6.45, 7) is 3.51. The molecule has 186 valence electrons. The summed E-state index contributed by atoms with van der Waals surface area (Å²) in [5, 5.41) is 0.910. The van der Waals surface area contributed by atoms with Gasteiger partial charge in [-0.05, 0) is 90.4 Å². The Balaban J connectivity index is 1.68. The summed E-state index contributed by atoms with van der Waals surface area (Å²) in [5.41, 5.74) is 7.76. The molecule has 2 aromatic heterocycles. The monoisotopic (exact) mass is 524 g/mol. The second-order valence-electron chi connectivity index (χ2n) is 9.61. The Bertz CT molecular complexity index is 1710. The van der Waals surface area contributed by atoms with Gasteiger partial charge in [-0.25, -0.2) is 8.42 Å². The molecular weight excluding hydrogens is 496 g/mol. The van der Waals surface area contributed by atoms with Crippen LogP contribution < -0.4 is 0 Å². The van der Waals surface area contributed by atoms with E-state index in [0.717, 1.165) is 49.8 Å². The Hall–Kier alpha value is -3.48. The number of nitrogens with zero attached hydrogens (tertiary/aromatic N) is 2. The summed E-state index contributed by atoms with van der Waals surface area (Å²) in [7, 11) is -3.35. The summed E-state index contributed by atoms with van der Waals surface area (Å²) < 4.78 is 24.3. The highest BCUT2D eigenvalue weighted by atomic mass is 32.2. The van der Waals surface area contributed by atoms with E-state index < -0.39 is 14.6 Å². The third-order valence-electron chi connectivity index (χ3n) is 7.03. The Kier molecular flexibility index (Phi) is 6.65. The van der Waals surface area contributed by atoms with Gasteiger partial charge in [-0.3, -0.25) is 9.97 Å². The minimum absolute atomic E-state index is 0.742. The van der Waals surface area contributed by atoms with Crippen molar-refractivity contribution in [3.05, 3.63) is 103 Å². The van der Waals surface area contributed by atoms with Crippen molar-refractivity contribution in [2.45, 2.75) is 23.5 Å². The molecule has 0 saturated heterocycles. The number of aromatic nitrogens is 2. The molecule has 0 spiro atoms. The fraction of sp³-hybridized carbons (Fsp3) is 0.161. The van der Waals surface area contributed by atoms with Crippen LogP contribution in [0.2, 0.25) is 0 Å². The first-order chi connectivity index (χ1) is 17.7. The fourth-order valence-corrected chi connectivity index (χ4v) is 5.43. The number of hydrogen-bond donors (Lipinski definition) is 0. The molecule has 0 bridgehead atoms. The van der Waals surface area contributed by atoms with Crippen LogP contribution in [0.5, 0.6) is 0 Å². The number of hydrogen-bond acceptors (Lipinski definition) is 5. The average Bonchev–Trinajstić information content (AvgIpc) is 2.92. The second kappa shape index (κ2) is 9.77. The minimum Gasteiger partial charge on any atom is -0.264 e. The van der Waals surface area contributed by atoms with Crippen LogP contribution in [0, 0.1) is 0 Å². The zero-order chi connectivity index (χ0) is 26.2. The highest BCUT2D eigenvalue weighted by Gasteiger charge is 2.33. The Labute approximate surface area is 222 Å². The summed E-state index contributed by atoms with van der Waals surface area (Å²) in [6.07, 6.45) is 8.85. The van der Waals surface area contributed by atoms with E-state index in [1.165, 1.54) is 11.2 Å². The molecule has 3 aromatic carbocycles. The maximum absolute atomic E-state index is 12.7. The molecule has 0 saturated carbocycles. The normalized spacial score (nSPS) is 12.1. The van der Waals surface area contributed by atoms with E-state index in [1.807, 2.05) is 54.9 Å². The zero-order valence-electron chi connectivity index (χ0n) is 21.3. The van der Waals surface area contributed by atoms with Gasteiger partial charge in [0, 0.05) is 46.3 Å². The predicted molar refractivity (Wildman–Crippen MR) is 155 cm³/mol. The Morgan fingerprint density at radius 2 is 1.49 bits per heavy atom. The summed E-state index contributed by atoms with van der Waals surface area (Å²) in [6, 6.07) is 26.7. The van der Waals surface area contributed by atoms with E-state index in [2.05, 4.69) is 52.6 Å². The van der Waals surface area contributed by atoms with Gasteiger partial charge in [0.2, 0.25) is 0 Å². The van der Waals surface area contributed by atoms with Crippen molar-refractivity contribution in [2.24, 2.45) is 0 Å². The van der Waals surface area contributed by atoms with Crippen LogP contribution in [0.4, 0.5) is 0 Å². The number of fused-ring (bicyclic) bond motifs is 1. The molecule has 0 aliphatic carbocycles. The van der Waals surface area contributed by atoms with Gasteiger partial charge in [-0.2, -0.15) is 0 Å². The largest absolute Gasteiger partial charge is 0.264 e. The molecular formula is C31H28N2O2S2. The van der Waals surface area contributed by atoms with E-state index >= 15 is 0 Å². The highest BCUT2D eigenvalue weighted by molar-refractivity contribution is 7.98. The van der Waals surface area contributed by atoms with Crippen LogP contribution in [0.1, 0.15) is 19.4 Å². The molecule has 37 heavy (non-hydrogen) atoms. The average molecular weight is 525 g/mol. The zero-order valence-corrected chi connectivity index (χ0v) is 22.9. The molecule has 4 nitrogen and oxygen atoms in total. The molecule has 0 unspecified atom stereocenters. The van der Waals surface area contributed by atoms with Crippen molar-refractivity contribution < 1.29 is 8.42 Å². The lowest BCUT2D eigenvalue weighted by Gasteiger charge is -2.24. The van der Waals surface area contributed by atoms with Gasteiger partial charge in [-0.1, -0.05) is 36.4 Å². The Morgan fingerprint density at radius 1 is 0.757 bits per heavy atom. The fourth-order valence-electron chi connectivity index (χ4n) is 4.48. The minimum atomic E-state index is -3.35. The lowest BCUT2D eigenvalue weighted by molar-refractivity contribution is 0.561. The van der Waals surface area contributed by atoms with Crippen LogP contribution in [0.3, 0.4) is 0 Å². The number of benzene rings is 3. The number of rotatable bonds is 6. The van der Waals surface area contributed by atoms with Gasteiger partial charge in [0.05, 0.1) is 10.3 Å². The van der Waals surface area contributed by atoms with E-state index in [-0.39, 0.29) is 0 Å². The van der Waals surface area contributed by atoms with E-state index in [0.29, 0.717) is 0 Å². The number of thioether (sulfide) groups is 1. The third kappa shape index (κ3) is 4.79. The van der Waals surface area contributed by atoms with Crippen LogP contribution >= 0.6 is 11.8 Å². The van der Waals surface area contributed by atoms with Gasteiger partial charge in [0.25, 0.3) is 0 Å². The predicted octanol–water partition coefficient (Wildman–Crippen LogP) is 7.63. The van der Waals surface area contributed by atoms with Gasteiger partial charge >= 0.3 is 0 Å². The van der Waals surface area contributed by atoms with Gasteiger partial charge < -0.3 is 0 Å². The van der Waals surface area contributed by atoms with E-state index in [1.54, 1.807) is 31.8 Å². The van der Waals surface area contributed by atoms with Crippen molar-refractivity contribution in [3.63, 3.8) is 0 Å². The van der Waals surface area contributed by atoms with Crippen molar-refractivity contribution in [2.75, 3.05) is 12.5 Å². The van der Waals surface area contributed by atoms with Crippen LogP contribution in [0.25, 0.3) is 44.3 Å². The quantitative estimate of drug-likeness (QED) is 0.214. The molecule has 0 N–H and O–H groups in total. The summed E-state index contributed by atoms with van der Waals surface area (Å²) in [5.74, 6) is 0.